The molecule has 1 amide bonds. The van der Waals surface area contributed by atoms with Gasteiger partial charge in [-0.25, -0.2) is 0 Å². The van der Waals surface area contributed by atoms with E-state index in [0.29, 0.717) is 17.7 Å². The van der Waals surface area contributed by atoms with E-state index in [2.05, 4.69) is 5.32 Å². The van der Waals surface area contributed by atoms with Gasteiger partial charge in [0.15, 0.2) is 0 Å². The number of nitriles is 1. The molecule has 0 heterocycles. The molecule has 6 nitrogen and oxygen atoms in total. The van der Waals surface area contributed by atoms with Crippen LogP contribution in [0.4, 0.5) is 11.4 Å². The maximum atomic E-state index is 11.8. The molecule has 1 rings (SSSR count). The van der Waals surface area contributed by atoms with Gasteiger partial charge in [0.25, 0.3) is 5.69 Å². The highest BCUT2D eigenvalue weighted by Crippen LogP contribution is 2.22. The second-order valence-corrected chi connectivity index (χ2v) is 4.22. The van der Waals surface area contributed by atoms with Crippen LogP contribution in [0.2, 0.25) is 0 Å². The van der Waals surface area contributed by atoms with Crippen LogP contribution in [-0.2, 0) is 4.79 Å². The zero-order chi connectivity index (χ0) is 14.4. The Kier molecular flexibility index (Phi) is 5.01. The van der Waals surface area contributed by atoms with E-state index in [1.54, 1.807) is 6.92 Å². The summed E-state index contributed by atoms with van der Waals surface area (Å²) in [6, 6.07) is 6.27. The first kappa shape index (κ1) is 14.6. The summed E-state index contributed by atoms with van der Waals surface area (Å²) in [5.74, 6) is -1.07. The Labute approximate surface area is 111 Å². The Hall–Kier alpha value is -2.42. The van der Waals surface area contributed by atoms with Crippen LogP contribution in [0.3, 0.4) is 0 Å². The van der Waals surface area contributed by atoms with Crippen LogP contribution >= 0.6 is 0 Å². The van der Waals surface area contributed by atoms with Crippen LogP contribution < -0.4 is 5.32 Å². The number of nitro benzene ring substituents is 1. The van der Waals surface area contributed by atoms with Gasteiger partial charge in [-0.05, 0) is 25.5 Å². The Balaban J connectivity index is 2.84. The van der Waals surface area contributed by atoms with Gasteiger partial charge in [0.1, 0.15) is 5.92 Å². The van der Waals surface area contributed by atoms with Gasteiger partial charge >= 0.3 is 0 Å². The predicted molar refractivity (Wildman–Crippen MR) is 70.5 cm³/mol. The lowest BCUT2D eigenvalue weighted by atomic mass is 10.0. The van der Waals surface area contributed by atoms with Gasteiger partial charge in [0, 0.05) is 17.3 Å². The number of benzene rings is 1. The normalized spacial score (nSPS) is 11.4. The zero-order valence-electron chi connectivity index (χ0n) is 10.8. The Morgan fingerprint density at radius 3 is 2.74 bits per heavy atom. The molecule has 6 heteroatoms. The molecule has 1 aromatic carbocycles. The zero-order valence-corrected chi connectivity index (χ0v) is 10.8. The molecule has 0 aliphatic carbocycles. The SMILES string of the molecule is CCCC(C#N)C(=O)Nc1ccc([N+](=O)[O-])c(C)c1. The number of nitro groups is 1. The Morgan fingerprint density at radius 2 is 2.26 bits per heavy atom. The number of carbonyl (C=O) groups excluding carboxylic acids is 1. The van der Waals surface area contributed by atoms with Gasteiger partial charge in [-0.15, -0.1) is 0 Å². The van der Waals surface area contributed by atoms with Crippen molar-refractivity contribution in [3.05, 3.63) is 33.9 Å². The van der Waals surface area contributed by atoms with Crippen LogP contribution in [0.15, 0.2) is 18.2 Å². The largest absolute Gasteiger partial charge is 0.325 e. The molecule has 0 aromatic heterocycles. The van der Waals surface area contributed by atoms with Crippen molar-refractivity contribution in [2.75, 3.05) is 5.32 Å². The van der Waals surface area contributed by atoms with E-state index in [1.807, 2.05) is 13.0 Å². The molecular weight excluding hydrogens is 246 g/mol. The smallest absolute Gasteiger partial charge is 0.272 e. The lowest BCUT2D eigenvalue weighted by Crippen LogP contribution is -2.21. The van der Waals surface area contributed by atoms with E-state index in [-0.39, 0.29) is 11.6 Å². The van der Waals surface area contributed by atoms with Crippen molar-refractivity contribution in [2.24, 2.45) is 5.92 Å². The fraction of sp³-hybridized carbons (Fsp3) is 0.385. The number of nitrogens with zero attached hydrogens (tertiary/aromatic N) is 2. The average molecular weight is 261 g/mol. The summed E-state index contributed by atoms with van der Waals surface area (Å²) >= 11 is 0. The number of aryl methyl sites for hydroxylation is 1. The summed E-state index contributed by atoms with van der Waals surface area (Å²) in [7, 11) is 0. The minimum atomic E-state index is -0.694. The molecule has 0 fully saturated rings. The maximum Gasteiger partial charge on any atom is 0.272 e. The molecular formula is C13H15N3O3. The van der Waals surface area contributed by atoms with Gasteiger partial charge in [-0.3, -0.25) is 14.9 Å². The lowest BCUT2D eigenvalue weighted by molar-refractivity contribution is -0.385. The number of hydrogen-bond acceptors (Lipinski definition) is 4. The summed E-state index contributed by atoms with van der Waals surface area (Å²) < 4.78 is 0. The summed E-state index contributed by atoms with van der Waals surface area (Å²) in [6.07, 6.45) is 1.24. The van der Waals surface area contributed by atoms with Gasteiger partial charge in [0.05, 0.1) is 11.0 Å². The molecule has 1 unspecified atom stereocenters. The summed E-state index contributed by atoms with van der Waals surface area (Å²) in [5, 5.41) is 22.1. The Bertz CT molecular complexity index is 534. The molecule has 0 aliphatic rings. The second kappa shape index (κ2) is 6.50. The third-order valence-corrected chi connectivity index (χ3v) is 2.71. The fourth-order valence-corrected chi connectivity index (χ4v) is 1.71. The number of hydrogen-bond donors (Lipinski definition) is 1. The maximum absolute atomic E-state index is 11.8. The van der Waals surface area contributed by atoms with Gasteiger partial charge in [-0.1, -0.05) is 13.3 Å². The van der Waals surface area contributed by atoms with E-state index in [1.165, 1.54) is 18.2 Å². The molecule has 1 aromatic rings. The van der Waals surface area contributed by atoms with Gasteiger partial charge in [0.2, 0.25) is 5.91 Å². The predicted octanol–water partition coefficient (Wildman–Crippen LogP) is 2.78. The van der Waals surface area contributed by atoms with Crippen LogP contribution in [-0.4, -0.2) is 10.8 Å². The van der Waals surface area contributed by atoms with Crippen molar-refractivity contribution < 1.29 is 9.72 Å². The highest BCUT2D eigenvalue weighted by Gasteiger charge is 2.18. The van der Waals surface area contributed by atoms with Crippen LogP contribution in [0.5, 0.6) is 0 Å². The number of nitrogens with one attached hydrogen (secondary N) is 1. The van der Waals surface area contributed by atoms with E-state index in [4.69, 9.17) is 5.26 Å². The van der Waals surface area contributed by atoms with E-state index in [9.17, 15) is 14.9 Å². The van der Waals surface area contributed by atoms with E-state index in [0.717, 1.165) is 6.42 Å². The standard InChI is InChI=1S/C13H15N3O3/c1-3-4-10(8-14)13(17)15-11-5-6-12(16(18)19)9(2)7-11/h5-7,10H,3-4H2,1-2H3,(H,15,17). The van der Waals surface area contributed by atoms with Crippen molar-refractivity contribution >= 4 is 17.3 Å². The monoisotopic (exact) mass is 261 g/mol. The molecule has 1 atom stereocenters. The number of carbonyl (C=O) groups is 1. The van der Waals surface area contributed by atoms with E-state index < -0.39 is 10.8 Å². The summed E-state index contributed by atoms with van der Waals surface area (Å²) in [5.41, 5.74) is 0.930. The topological polar surface area (TPSA) is 96.0 Å². The fourth-order valence-electron chi connectivity index (χ4n) is 1.71. The van der Waals surface area contributed by atoms with Crippen molar-refractivity contribution in [3.8, 4) is 6.07 Å². The first-order valence-corrected chi connectivity index (χ1v) is 5.95. The third kappa shape index (κ3) is 3.78. The molecule has 100 valence electrons. The summed E-state index contributed by atoms with van der Waals surface area (Å²) in [4.78, 5) is 22.0. The molecule has 0 bridgehead atoms. The molecule has 19 heavy (non-hydrogen) atoms. The molecule has 0 spiro atoms. The van der Waals surface area contributed by atoms with Crippen molar-refractivity contribution in [3.63, 3.8) is 0 Å². The number of rotatable bonds is 5. The van der Waals surface area contributed by atoms with Crippen molar-refractivity contribution in [1.29, 1.82) is 5.26 Å². The first-order chi connectivity index (χ1) is 8.99. The molecule has 0 aliphatic heterocycles. The van der Waals surface area contributed by atoms with Gasteiger partial charge < -0.3 is 5.32 Å². The molecule has 0 saturated carbocycles. The lowest BCUT2D eigenvalue weighted by Gasteiger charge is -2.09. The average Bonchev–Trinajstić information content (AvgIpc) is 2.35. The minimum absolute atomic E-state index is 0.00314. The molecule has 0 radical (unpaired) electrons. The second-order valence-electron chi connectivity index (χ2n) is 4.22. The van der Waals surface area contributed by atoms with E-state index >= 15 is 0 Å². The van der Waals surface area contributed by atoms with Crippen molar-refractivity contribution in [1.82, 2.24) is 0 Å². The molecule has 0 saturated heterocycles. The van der Waals surface area contributed by atoms with Crippen LogP contribution in [0, 0.1) is 34.3 Å². The summed E-state index contributed by atoms with van der Waals surface area (Å²) in [6.45, 7) is 3.50. The van der Waals surface area contributed by atoms with Crippen LogP contribution in [0.25, 0.3) is 0 Å². The quantitative estimate of drug-likeness (QED) is 0.651. The minimum Gasteiger partial charge on any atom is -0.325 e. The number of anilines is 1. The molecule has 1 N–H and O–H groups in total. The highest BCUT2D eigenvalue weighted by molar-refractivity contribution is 5.94. The van der Waals surface area contributed by atoms with Crippen LogP contribution in [0.1, 0.15) is 25.3 Å². The third-order valence-electron chi connectivity index (χ3n) is 2.71. The Morgan fingerprint density at radius 1 is 1.58 bits per heavy atom. The highest BCUT2D eigenvalue weighted by atomic mass is 16.6. The first-order valence-electron chi connectivity index (χ1n) is 5.95. The van der Waals surface area contributed by atoms with Gasteiger partial charge in [-0.2, -0.15) is 5.26 Å². The van der Waals surface area contributed by atoms with Crippen molar-refractivity contribution in [2.45, 2.75) is 26.7 Å². The number of amides is 1.